The predicted octanol–water partition coefficient (Wildman–Crippen LogP) is 3.15. The number of aryl methyl sites for hydroxylation is 2. The number of hydrogen-bond acceptors (Lipinski definition) is 3. The Balaban J connectivity index is 0.00000225. The van der Waals surface area contributed by atoms with Gasteiger partial charge in [-0.05, 0) is 61.3 Å². The Morgan fingerprint density at radius 1 is 1.16 bits per heavy atom. The smallest absolute Gasteiger partial charge is 0.223 e. The lowest BCUT2D eigenvalue weighted by molar-refractivity contribution is -0.130. The molecule has 3 rings (SSSR count). The van der Waals surface area contributed by atoms with E-state index in [1.165, 1.54) is 24.0 Å². The van der Waals surface area contributed by atoms with Crippen LogP contribution < -0.4 is 5.73 Å². The van der Waals surface area contributed by atoms with Gasteiger partial charge in [0.05, 0.1) is 0 Å². The molecular formula is C20H29ClN2O2. The van der Waals surface area contributed by atoms with Crippen LogP contribution >= 0.6 is 12.4 Å². The van der Waals surface area contributed by atoms with Crippen molar-refractivity contribution in [1.82, 2.24) is 4.90 Å². The molecule has 4 nitrogen and oxygen atoms in total. The van der Waals surface area contributed by atoms with E-state index in [1.54, 1.807) is 0 Å². The van der Waals surface area contributed by atoms with Crippen molar-refractivity contribution in [3.8, 4) is 0 Å². The molecule has 0 saturated carbocycles. The first-order valence-corrected chi connectivity index (χ1v) is 9.14. The lowest BCUT2D eigenvalue weighted by atomic mass is 9.89. The Hall–Kier alpha value is -1.39. The summed E-state index contributed by atoms with van der Waals surface area (Å²) in [6.07, 6.45) is 6.19. The number of Topliss-reactive ketones (excluding diaryl/α,β-unsaturated/α-hetero) is 1. The summed E-state index contributed by atoms with van der Waals surface area (Å²) in [6, 6.07) is 6.07. The molecule has 25 heavy (non-hydrogen) atoms. The number of hydrogen-bond donors (Lipinski definition) is 1. The fourth-order valence-electron chi connectivity index (χ4n) is 3.83. The molecule has 1 aromatic carbocycles. The molecule has 2 aliphatic rings. The van der Waals surface area contributed by atoms with Gasteiger partial charge in [-0.25, -0.2) is 0 Å². The van der Waals surface area contributed by atoms with Gasteiger partial charge < -0.3 is 10.6 Å². The van der Waals surface area contributed by atoms with E-state index < -0.39 is 0 Å². The third-order valence-electron chi connectivity index (χ3n) is 5.64. The molecule has 1 atom stereocenters. The highest BCUT2D eigenvalue weighted by Crippen LogP contribution is 2.29. The van der Waals surface area contributed by atoms with Crippen LogP contribution in [0.25, 0.3) is 0 Å². The zero-order chi connectivity index (χ0) is 17.2. The number of halogens is 1. The Kier molecular flexibility index (Phi) is 6.64. The van der Waals surface area contributed by atoms with Gasteiger partial charge in [-0.1, -0.05) is 19.1 Å². The van der Waals surface area contributed by atoms with Gasteiger partial charge in [-0.3, -0.25) is 9.59 Å². The van der Waals surface area contributed by atoms with E-state index in [0.717, 1.165) is 37.9 Å². The molecule has 1 unspecified atom stereocenters. The van der Waals surface area contributed by atoms with Crippen molar-refractivity contribution in [3.05, 3.63) is 34.9 Å². The standard InChI is InChI=1S/C20H28N2O2.ClH/c1-20(13-21)10-11-22(14-20)19(24)9-8-18(23)17-7-6-15-4-2-3-5-16(15)12-17;/h6-7,12H,2-5,8-11,13-14,21H2,1H3;1H. The van der Waals surface area contributed by atoms with Gasteiger partial charge in [0, 0.05) is 31.5 Å². The average Bonchev–Trinajstić information content (AvgIpc) is 3.02. The Morgan fingerprint density at radius 2 is 1.88 bits per heavy atom. The molecule has 1 aliphatic carbocycles. The molecule has 1 aromatic rings. The molecule has 0 radical (unpaired) electrons. The molecule has 2 N–H and O–H groups in total. The number of benzene rings is 1. The summed E-state index contributed by atoms with van der Waals surface area (Å²) in [5.74, 6) is 0.163. The van der Waals surface area contributed by atoms with Crippen molar-refractivity contribution in [3.63, 3.8) is 0 Å². The summed E-state index contributed by atoms with van der Waals surface area (Å²) in [6.45, 7) is 4.21. The molecule has 0 bridgehead atoms. The van der Waals surface area contributed by atoms with E-state index in [2.05, 4.69) is 13.0 Å². The van der Waals surface area contributed by atoms with Gasteiger partial charge in [-0.15, -0.1) is 12.4 Å². The summed E-state index contributed by atoms with van der Waals surface area (Å²) in [7, 11) is 0. The molecule has 0 aromatic heterocycles. The summed E-state index contributed by atoms with van der Waals surface area (Å²) in [5, 5.41) is 0. The van der Waals surface area contributed by atoms with Gasteiger partial charge in [-0.2, -0.15) is 0 Å². The largest absolute Gasteiger partial charge is 0.342 e. The predicted molar refractivity (Wildman–Crippen MR) is 102 cm³/mol. The zero-order valence-corrected chi connectivity index (χ0v) is 15.9. The first-order valence-electron chi connectivity index (χ1n) is 9.14. The Labute approximate surface area is 156 Å². The Morgan fingerprint density at radius 3 is 2.56 bits per heavy atom. The van der Waals surface area contributed by atoms with Crippen molar-refractivity contribution in [2.24, 2.45) is 11.1 Å². The van der Waals surface area contributed by atoms with Gasteiger partial charge >= 0.3 is 0 Å². The summed E-state index contributed by atoms with van der Waals surface area (Å²) < 4.78 is 0. The summed E-state index contributed by atoms with van der Waals surface area (Å²) in [5.41, 5.74) is 9.29. The molecule has 1 aliphatic heterocycles. The highest BCUT2D eigenvalue weighted by Gasteiger charge is 2.34. The van der Waals surface area contributed by atoms with Crippen molar-refractivity contribution < 1.29 is 9.59 Å². The number of carbonyl (C=O) groups excluding carboxylic acids is 2. The minimum atomic E-state index is 0. The topological polar surface area (TPSA) is 63.4 Å². The number of likely N-dealkylation sites (tertiary alicyclic amines) is 1. The fourth-order valence-corrected chi connectivity index (χ4v) is 3.83. The van der Waals surface area contributed by atoms with Crippen molar-refractivity contribution in [2.45, 2.75) is 51.9 Å². The number of amides is 1. The monoisotopic (exact) mass is 364 g/mol. The Bertz CT molecular complexity index is 647. The van der Waals surface area contributed by atoms with Crippen molar-refractivity contribution in [2.75, 3.05) is 19.6 Å². The van der Waals surface area contributed by atoms with Crippen molar-refractivity contribution >= 4 is 24.1 Å². The maximum Gasteiger partial charge on any atom is 0.223 e. The van der Waals surface area contributed by atoms with Crippen LogP contribution in [0.3, 0.4) is 0 Å². The number of nitrogens with two attached hydrogens (primary N) is 1. The third-order valence-corrected chi connectivity index (χ3v) is 5.64. The highest BCUT2D eigenvalue weighted by molar-refractivity contribution is 5.98. The van der Waals surface area contributed by atoms with Crippen LogP contribution in [0.2, 0.25) is 0 Å². The van der Waals surface area contributed by atoms with E-state index >= 15 is 0 Å². The highest BCUT2D eigenvalue weighted by atomic mass is 35.5. The maximum atomic E-state index is 12.4. The van der Waals surface area contributed by atoms with E-state index in [4.69, 9.17) is 5.73 Å². The van der Waals surface area contributed by atoms with Crippen LogP contribution in [0.4, 0.5) is 0 Å². The van der Waals surface area contributed by atoms with E-state index in [0.29, 0.717) is 19.4 Å². The zero-order valence-electron chi connectivity index (χ0n) is 15.1. The first kappa shape index (κ1) is 19.9. The first-order chi connectivity index (χ1) is 11.5. The van der Waals surface area contributed by atoms with Crippen LogP contribution in [0.15, 0.2) is 18.2 Å². The van der Waals surface area contributed by atoms with Crippen LogP contribution in [-0.2, 0) is 17.6 Å². The van der Waals surface area contributed by atoms with Gasteiger partial charge in [0.2, 0.25) is 5.91 Å². The lowest BCUT2D eigenvalue weighted by Crippen LogP contribution is -2.34. The van der Waals surface area contributed by atoms with Crippen molar-refractivity contribution in [1.29, 1.82) is 0 Å². The van der Waals surface area contributed by atoms with Gasteiger partial charge in [0.25, 0.3) is 0 Å². The van der Waals surface area contributed by atoms with Crippen LogP contribution in [-0.4, -0.2) is 36.2 Å². The lowest BCUT2D eigenvalue weighted by Gasteiger charge is -2.22. The second-order valence-corrected chi connectivity index (χ2v) is 7.69. The molecule has 138 valence electrons. The second-order valence-electron chi connectivity index (χ2n) is 7.69. The number of nitrogens with zero attached hydrogens (tertiary/aromatic N) is 1. The normalized spacial score (nSPS) is 22.2. The summed E-state index contributed by atoms with van der Waals surface area (Å²) in [4.78, 5) is 26.7. The molecule has 1 saturated heterocycles. The van der Waals surface area contributed by atoms with E-state index in [1.807, 2.05) is 17.0 Å². The quantitative estimate of drug-likeness (QED) is 0.816. The number of carbonyl (C=O) groups is 2. The van der Waals surface area contributed by atoms with Crippen LogP contribution in [0, 0.1) is 5.41 Å². The molecule has 1 heterocycles. The SMILES string of the molecule is CC1(CN)CCN(C(=O)CCC(=O)c2ccc3c(c2)CCCC3)C1.Cl. The van der Waals surface area contributed by atoms with Gasteiger partial charge in [0.1, 0.15) is 0 Å². The fraction of sp³-hybridized carbons (Fsp3) is 0.600. The number of rotatable bonds is 5. The number of ketones is 1. The molecule has 1 amide bonds. The molecular weight excluding hydrogens is 336 g/mol. The van der Waals surface area contributed by atoms with E-state index in [9.17, 15) is 9.59 Å². The molecule has 0 spiro atoms. The molecule has 5 heteroatoms. The van der Waals surface area contributed by atoms with Crippen LogP contribution in [0.1, 0.15) is 60.5 Å². The van der Waals surface area contributed by atoms with E-state index in [-0.39, 0.29) is 29.5 Å². The summed E-state index contributed by atoms with van der Waals surface area (Å²) >= 11 is 0. The minimum Gasteiger partial charge on any atom is -0.342 e. The van der Waals surface area contributed by atoms with Gasteiger partial charge in [0.15, 0.2) is 5.78 Å². The third kappa shape index (κ3) is 4.62. The number of fused-ring (bicyclic) bond motifs is 1. The van der Waals surface area contributed by atoms with Crippen LogP contribution in [0.5, 0.6) is 0 Å². The minimum absolute atomic E-state index is 0. The maximum absolute atomic E-state index is 12.4. The average molecular weight is 365 g/mol. The molecule has 1 fully saturated rings. The second kappa shape index (κ2) is 8.33.